The quantitative estimate of drug-likeness (QED) is 0.157. The molecule has 5 nitrogen and oxygen atoms in total. The number of alkyl halides is 2. The number of nitrogens with one attached hydrogen (secondary N) is 2. The minimum atomic E-state index is -2.47. The SMILES string of the molecule is C/C=C(\C=C(\C)C(CC)=NC(C)=N)C(/CCC)=C(\CC(F)F)c1cc(C2CCN(C(=O)CNC)CC2)ccc1C. The first-order valence-corrected chi connectivity index (χ1v) is 14.6. The van der Waals surface area contributed by atoms with Gasteiger partial charge in [0.15, 0.2) is 0 Å². The van der Waals surface area contributed by atoms with Crippen LogP contribution in [0.2, 0.25) is 0 Å². The van der Waals surface area contributed by atoms with Gasteiger partial charge in [-0.05, 0) is 105 Å². The first-order valence-electron chi connectivity index (χ1n) is 14.6. The van der Waals surface area contributed by atoms with Crippen molar-refractivity contribution in [3.8, 4) is 0 Å². The number of carbonyl (C=O) groups excluding carboxylic acids is 1. The Labute approximate surface area is 240 Å². The van der Waals surface area contributed by atoms with Crippen molar-refractivity contribution in [3.05, 3.63) is 63.8 Å². The highest BCUT2D eigenvalue weighted by atomic mass is 19.3. The van der Waals surface area contributed by atoms with Crippen LogP contribution in [0.5, 0.6) is 0 Å². The van der Waals surface area contributed by atoms with Crippen molar-refractivity contribution >= 4 is 23.0 Å². The molecule has 0 unspecified atom stereocenters. The van der Waals surface area contributed by atoms with Gasteiger partial charge >= 0.3 is 0 Å². The lowest BCUT2D eigenvalue weighted by molar-refractivity contribution is -0.131. The average Bonchev–Trinajstić information content (AvgIpc) is 2.92. The third-order valence-corrected chi connectivity index (χ3v) is 7.58. The molecule has 0 bridgehead atoms. The molecule has 1 saturated heterocycles. The fraction of sp³-hybridized carbons (Fsp3) is 0.545. The largest absolute Gasteiger partial charge is 0.342 e. The van der Waals surface area contributed by atoms with Crippen molar-refractivity contribution in [1.29, 1.82) is 5.41 Å². The van der Waals surface area contributed by atoms with E-state index < -0.39 is 6.43 Å². The van der Waals surface area contributed by atoms with Crippen molar-refractivity contribution in [2.24, 2.45) is 4.99 Å². The number of nitrogens with zero attached hydrogens (tertiary/aromatic N) is 2. The molecule has 1 aliphatic heterocycles. The second kappa shape index (κ2) is 16.4. The number of piperidine rings is 1. The Kier molecular flexibility index (Phi) is 13.6. The maximum absolute atomic E-state index is 14.1. The van der Waals surface area contributed by atoms with E-state index in [0.717, 1.165) is 58.4 Å². The lowest BCUT2D eigenvalue weighted by atomic mass is 9.83. The van der Waals surface area contributed by atoms with Gasteiger partial charge in [-0.15, -0.1) is 0 Å². The zero-order valence-corrected chi connectivity index (χ0v) is 25.5. The van der Waals surface area contributed by atoms with Crippen molar-refractivity contribution in [1.82, 2.24) is 10.2 Å². The fourth-order valence-corrected chi connectivity index (χ4v) is 5.52. The summed E-state index contributed by atoms with van der Waals surface area (Å²) in [5.41, 5.74) is 7.38. The van der Waals surface area contributed by atoms with Crippen LogP contribution in [0.15, 0.2) is 52.1 Å². The standard InChI is InChI=1S/C33H48F2N4O/c1-8-11-28(25(9-2)18-23(5)31(10-3)38-24(6)36)30(20-32(34)35)29-19-27(13-12-22(29)4)26-14-16-39(17-15-26)33(40)21-37-7/h9,12-13,18-19,26,32,36-37H,8,10-11,14-17,20-21H2,1-7H3/b23-18-,25-9+,30-28+,36-24?,38-31?. The van der Waals surface area contributed by atoms with Gasteiger partial charge in [0.2, 0.25) is 12.3 Å². The summed E-state index contributed by atoms with van der Waals surface area (Å²) in [5.74, 6) is 0.654. The van der Waals surface area contributed by atoms with Gasteiger partial charge in [0.05, 0.1) is 6.54 Å². The van der Waals surface area contributed by atoms with E-state index in [4.69, 9.17) is 5.41 Å². The van der Waals surface area contributed by atoms with E-state index in [0.29, 0.717) is 38.0 Å². The van der Waals surface area contributed by atoms with Gasteiger partial charge in [0.25, 0.3) is 0 Å². The molecule has 0 aliphatic carbocycles. The third kappa shape index (κ3) is 9.33. The van der Waals surface area contributed by atoms with E-state index in [-0.39, 0.29) is 24.1 Å². The number of amides is 1. The maximum atomic E-state index is 14.1. The van der Waals surface area contributed by atoms with Crippen LogP contribution in [0.1, 0.15) is 95.8 Å². The molecule has 2 N–H and O–H groups in total. The van der Waals surface area contributed by atoms with Crippen LogP contribution in [0.3, 0.4) is 0 Å². The van der Waals surface area contributed by atoms with Crippen molar-refractivity contribution in [2.75, 3.05) is 26.7 Å². The summed E-state index contributed by atoms with van der Waals surface area (Å²) in [5, 5.41) is 10.7. The third-order valence-electron chi connectivity index (χ3n) is 7.58. The molecule has 0 atom stereocenters. The molecule has 1 fully saturated rings. The highest BCUT2D eigenvalue weighted by molar-refractivity contribution is 6.06. The zero-order chi connectivity index (χ0) is 29.8. The molecule has 1 aromatic carbocycles. The Balaban J connectivity index is 2.59. The molecule has 0 saturated carbocycles. The minimum absolute atomic E-state index is 0.117. The normalized spacial score (nSPS) is 16.4. The second-order valence-corrected chi connectivity index (χ2v) is 10.6. The van der Waals surface area contributed by atoms with Gasteiger partial charge in [0.1, 0.15) is 5.84 Å². The number of hydrogen-bond acceptors (Lipinski definition) is 3. The summed E-state index contributed by atoms with van der Waals surface area (Å²) in [6, 6.07) is 6.31. The molecule has 1 heterocycles. The number of allylic oxidation sites excluding steroid dienone is 6. The number of likely N-dealkylation sites (N-methyl/N-ethyl adjacent to an activating group) is 1. The van der Waals surface area contributed by atoms with Crippen molar-refractivity contribution in [2.45, 2.75) is 92.4 Å². The number of aliphatic imine (C=N–C) groups is 1. The molecular weight excluding hydrogens is 506 g/mol. The number of amidine groups is 1. The van der Waals surface area contributed by atoms with Crippen LogP contribution < -0.4 is 5.32 Å². The van der Waals surface area contributed by atoms with Gasteiger partial charge in [-0.1, -0.05) is 50.6 Å². The molecule has 0 spiro atoms. The van der Waals surface area contributed by atoms with Crippen LogP contribution in [-0.4, -0.2) is 55.5 Å². The topological polar surface area (TPSA) is 68.5 Å². The Morgan fingerprint density at radius 1 is 1.23 bits per heavy atom. The summed E-state index contributed by atoms with van der Waals surface area (Å²) in [4.78, 5) is 18.6. The lowest BCUT2D eigenvalue weighted by Crippen LogP contribution is -2.41. The van der Waals surface area contributed by atoms with Gasteiger partial charge in [0, 0.05) is 25.2 Å². The molecule has 7 heteroatoms. The molecule has 1 amide bonds. The van der Waals surface area contributed by atoms with E-state index in [1.165, 1.54) is 0 Å². The first kappa shape index (κ1) is 33.3. The van der Waals surface area contributed by atoms with Crippen LogP contribution in [0.25, 0.3) is 5.57 Å². The highest BCUT2D eigenvalue weighted by Crippen LogP contribution is 2.37. The van der Waals surface area contributed by atoms with Gasteiger partial charge in [-0.2, -0.15) is 0 Å². The van der Waals surface area contributed by atoms with Gasteiger partial charge in [-0.3, -0.25) is 10.2 Å². The van der Waals surface area contributed by atoms with E-state index in [9.17, 15) is 13.6 Å². The molecule has 0 aromatic heterocycles. The Morgan fingerprint density at radius 2 is 1.90 bits per heavy atom. The second-order valence-electron chi connectivity index (χ2n) is 10.6. The summed E-state index contributed by atoms with van der Waals surface area (Å²) in [6.45, 7) is 13.4. The van der Waals surface area contributed by atoms with Gasteiger partial charge in [-0.25, -0.2) is 13.8 Å². The number of likely N-dealkylation sites (tertiary alicyclic amines) is 1. The van der Waals surface area contributed by atoms with Gasteiger partial charge < -0.3 is 10.2 Å². The number of carbonyl (C=O) groups is 1. The number of halogens is 2. The highest BCUT2D eigenvalue weighted by Gasteiger charge is 2.25. The molecule has 1 aromatic rings. The molecule has 1 aliphatic rings. The van der Waals surface area contributed by atoms with Crippen LogP contribution >= 0.6 is 0 Å². The predicted molar refractivity (Wildman–Crippen MR) is 165 cm³/mol. The summed E-state index contributed by atoms with van der Waals surface area (Å²) in [6.07, 6.45) is 5.19. The zero-order valence-electron chi connectivity index (χ0n) is 25.5. The first-order chi connectivity index (χ1) is 19.1. The summed E-state index contributed by atoms with van der Waals surface area (Å²) in [7, 11) is 1.78. The lowest BCUT2D eigenvalue weighted by Gasteiger charge is -2.32. The fourth-order valence-electron chi connectivity index (χ4n) is 5.52. The molecule has 0 radical (unpaired) electrons. The molecule has 220 valence electrons. The van der Waals surface area contributed by atoms with Crippen LogP contribution in [0, 0.1) is 12.3 Å². The van der Waals surface area contributed by atoms with E-state index in [1.807, 2.05) is 44.7 Å². The molecule has 2 rings (SSSR count). The number of hydrogen-bond donors (Lipinski definition) is 2. The Bertz CT molecular complexity index is 1150. The molecule has 40 heavy (non-hydrogen) atoms. The van der Waals surface area contributed by atoms with Crippen LogP contribution in [0.4, 0.5) is 8.78 Å². The van der Waals surface area contributed by atoms with E-state index >= 15 is 0 Å². The number of aryl methyl sites for hydroxylation is 1. The molecular formula is C33H48F2N4O. The Hall–Kier alpha value is -2.93. The number of rotatable bonds is 12. The van der Waals surface area contributed by atoms with Crippen molar-refractivity contribution in [3.63, 3.8) is 0 Å². The summed E-state index contributed by atoms with van der Waals surface area (Å²) >= 11 is 0. The van der Waals surface area contributed by atoms with E-state index in [2.05, 4.69) is 35.4 Å². The maximum Gasteiger partial charge on any atom is 0.242 e. The number of benzene rings is 1. The average molecular weight is 555 g/mol. The minimum Gasteiger partial charge on any atom is -0.342 e. The van der Waals surface area contributed by atoms with Crippen molar-refractivity contribution < 1.29 is 13.6 Å². The smallest absolute Gasteiger partial charge is 0.242 e. The summed E-state index contributed by atoms with van der Waals surface area (Å²) < 4.78 is 28.3. The van der Waals surface area contributed by atoms with Crippen LogP contribution in [-0.2, 0) is 4.79 Å². The predicted octanol–water partition coefficient (Wildman–Crippen LogP) is 7.87. The monoisotopic (exact) mass is 554 g/mol. The Morgan fingerprint density at radius 3 is 2.42 bits per heavy atom. The van der Waals surface area contributed by atoms with E-state index in [1.54, 1.807) is 14.0 Å².